The van der Waals surface area contributed by atoms with E-state index in [1.807, 2.05) is 56.3 Å². The Morgan fingerprint density at radius 2 is 1.62 bits per heavy atom. The first kappa shape index (κ1) is 37.5. The molecule has 4 aliphatic rings. The van der Waals surface area contributed by atoms with E-state index in [-0.39, 0.29) is 19.6 Å². The Morgan fingerprint density at radius 1 is 0.980 bits per heavy atom. The molecule has 1 aromatic rings. The lowest BCUT2D eigenvalue weighted by Gasteiger charge is -2.71. The standard InChI is InChI=1S/C40H52O10/c1-23(30-14-11-10-12-15-30)21-40(45)24(2)20-33(48-27(5)42)38(9)32(40)17-18-37(8)31-16-13-19-46-22-39(31,25(3)47-26(4)41)36(50-29(7)44)34(35(37)38)49-28(6)43/h10-16,20,25,31-36,45H,1,17-19,21-22H2,2-9H3/t25-,31?,32+,33?,34-,35?,36-,37?,38?,39?,40-/m0/s1. The van der Waals surface area contributed by atoms with Crippen LogP contribution in [0.15, 0.2) is 60.7 Å². The second-order valence-electron chi connectivity index (χ2n) is 15.3. The Bertz CT molecular complexity index is 1580. The minimum absolute atomic E-state index is 0.0461. The minimum atomic E-state index is -1.42. The second-order valence-corrected chi connectivity index (χ2v) is 15.3. The van der Waals surface area contributed by atoms with Crippen molar-refractivity contribution in [1.29, 1.82) is 0 Å². The molecule has 5 rings (SSSR count). The van der Waals surface area contributed by atoms with Gasteiger partial charge in [-0.1, -0.05) is 62.9 Å². The molecule has 0 bridgehead atoms. The number of fused-ring (bicyclic) bond motifs is 5. The summed E-state index contributed by atoms with van der Waals surface area (Å²) in [6.07, 6.45) is 3.17. The van der Waals surface area contributed by atoms with Crippen LogP contribution in [0.3, 0.4) is 0 Å². The molecule has 6 unspecified atom stereocenters. The van der Waals surface area contributed by atoms with Crippen LogP contribution in [0.4, 0.5) is 0 Å². The molecule has 1 heterocycles. The van der Waals surface area contributed by atoms with Crippen LogP contribution >= 0.6 is 0 Å². The molecule has 1 aliphatic heterocycles. The highest BCUT2D eigenvalue weighted by molar-refractivity contribution is 5.69. The van der Waals surface area contributed by atoms with Gasteiger partial charge in [0.2, 0.25) is 0 Å². The van der Waals surface area contributed by atoms with Gasteiger partial charge in [-0.2, -0.15) is 0 Å². The molecule has 3 aliphatic carbocycles. The minimum Gasteiger partial charge on any atom is -0.462 e. The Hall–Kier alpha value is -3.76. The Labute approximate surface area is 295 Å². The van der Waals surface area contributed by atoms with Crippen LogP contribution in [0.25, 0.3) is 5.57 Å². The maximum Gasteiger partial charge on any atom is 0.303 e. The van der Waals surface area contributed by atoms with Crippen LogP contribution in [0, 0.1) is 34.0 Å². The maximum absolute atomic E-state index is 13.2. The predicted octanol–water partition coefficient (Wildman–Crippen LogP) is 5.77. The Balaban J connectivity index is 1.79. The van der Waals surface area contributed by atoms with Gasteiger partial charge in [0, 0.05) is 51.4 Å². The van der Waals surface area contributed by atoms with Crippen molar-refractivity contribution in [3.8, 4) is 0 Å². The Morgan fingerprint density at radius 3 is 2.22 bits per heavy atom. The third kappa shape index (κ3) is 6.12. The third-order valence-electron chi connectivity index (χ3n) is 12.4. The molecule has 0 saturated heterocycles. The number of aliphatic hydroxyl groups is 1. The van der Waals surface area contributed by atoms with Crippen molar-refractivity contribution in [2.24, 2.45) is 34.0 Å². The molecule has 10 heteroatoms. The zero-order chi connectivity index (χ0) is 36.8. The molecule has 2 fully saturated rings. The number of rotatable bonds is 8. The molecule has 50 heavy (non-hydrogen) atoms. The normalized spacial score (nSPS) is 38.1. The molecular formula is C40H52O10. The molecule has 0 radical (unpaired) electrons. The number of hydrogen-bond acceptors (Lipinski definition) is 10. The summed E-state index contributed by atoms with van der Waals surface area (Å²) in [5, 5.41) is 13.0. The summed E-state index contributed by atoms with van der Waals surface area (Å²) < 4.78 is 30.8. The molecule has 1 N–H and O–H groups in total. The summed E-state index contributed by atoms with van der Waals surface area (Å²) in [4.78, 5) is 51.5. The van der Waals surface area contributed by atoms with Crippen LogP contribution in [0.2, 0.25) is 0 Å². The molecule has 2 saturated carbocycles. The van der Waals surface area contributed by atoms with Crippen LogP contribution in [-0.2, 0) is 42.9 Å². The van der Waals surface area contributed by atoms with Crippen LogP contribution < -0.4 is 0 Å². The fourth-order valence-electron chi connectivity index (χ4n) is 10.6. The van der Waals surface area contributed by atoms with Gasteiger partial charge < -0.3 is 28.8 Å². The fraction of sp³-hybridized carbons (Fsp3) is 0.600. The van der Waals surface area contributed by atoms with Crippen molar-refractivity contribution < 1.29 is 48.0 Å². The summed E-state index contributed by atoms with van der Waals surface area (Å²) in [6.45, 7) is 17.7. The lowest BCUT2D eigenvalue weighted by Crippen LogP contribution is -2.76. The molecule has 0 aromatic heterocycles. The van der Waals surface area contributed by atoms with Crippen molar-refractivity contribution >= 4 is 29.5 Å². The molecular weight excluding hydrogens is 640 g/mol. The van der Waals surface area contributed by atoms with Gasteiger partial charge in [-0.05, 0) is 60.8 Å². The maximum atomic E-state index is 13.2. The summed E-state index contributed by atoms with van der Waals surface area (Å²) in [6, 6.07) is 9.69. The molecule has 1 aromatic carbocycles. The predicted molar refractivity (Wildman–Crippen MR) is 185 cm³/mol. The lowest BCUT2D eigenvalue weighted by atomic mass is 9.35. The molecule has 11 atom stereocenters. The summed E-state index contributed by atoms with van der Waals surface area (Å²) >= 11 is 0. The van der Waals surface area contributed by atoms with Gasteiger partial charge in [0.25, 0.3) is 0 Å². The molecule has 0 amide bonds. The van der Waals surface area contributed by atoms with Gasteiger partial charge in [-0.3, -0.25) is 19.2 Å². The molecule has 10 nitrogen and oxygen atoms in total. The van der Waals surface area contributed by atoms with Crippen molar-refractivity contribution in [2.75, 3.05) is 13.2 Å². The van der Waals surface area contributed by atoms with Crippen LogP contribution in [0.5, 0.6) is 0 Å². The van der Waals surface area contributed by atoms with E-state index in [9.17, 15) is 24.3 Å². The number of esters is 4. The zero-order valence-electron chi connectivity index (χ0n) is 30.5. The molecule has 272 valence electrons. The van der Waals surface area contributed by atoms with Crippen LogP contribution in [-0.4, -0.2) is 72.2 Å². The van der Waals surface area contributed by atoms with Crippen molar-refractivity contribution in [3.05, 3.63) is 66.3 Å². The van der Waals surface area contributed by atoms with E-state index in [2.05, 4.69) is 19.6 Å². The average Bonchev–Trinajstić information content (AvgIpc) is 3.26. The van der Waals surface area contributed by atoms with Gasteiger partial charge >= 0.3 is 23.9 Å². The van der Waals surface area contributed by atoms with Gasteiger partial charge in [0.15, 0.2) is 6.10 Å². The quantitative estimate of drug-likeness (QED) is 0.203. The number of allylic oxidation sites excluding steroid dienone is 1. The van der Waals surface area contributed by atoms with Gasteiger partial charge in [-0.25, -0.2) is 0 Å². The topological polar surface area (TPSA) is 135 Å². The van der Waals surface area contributed by atoms with Crippen molar-refractivity contribution in [1.82, 2.24) is 0 Å². The van der Waals surface area contributed by atoms with Crippen LogP contribution in [0.1, 0.15) is 80.2 Å². The number of ether oxygens (including phenoxy) is 5. The van der Waals surface area contributed by atoms with E-state index < -0.39 is 87.9 Å². The first-order valence-corrected chi connectivity index (χ1v) is 17.5. The first-order chi connectivity index (χ1) is 23.4. The molecule has 0 spiro atoms. The SMILES string of the molecule is C=C(C[C@]1(O)C(C)=CC(OC(C)=O)C2(C)C3[C@H](OC(C)=O)[C@H](OC(C)=O)C4([C@H](C)OC(C)=O)COCC=CC4C3(C)CC[C@H]21)c1ccccc1. The van der Waals surface area contributed by atoms with E-state index in [1.54, 1.807) is 6.92 Å². The van der Waals surface area contributed by atoms with Crippen molar-refractivity contribution in [2.45, 2.75) is 105 Å². The van der Waals surface area contributed by atoms with E-state index in [1.165, 1.54) is 27.7 Å². The summed E-state index contributed by atoms with van der Waals surface area (Å²) in [7, 11) is 0. The van der Waals surface area contributed by atoms with Gasteiger partial charge in [-0.15, -0.1) is 0 Å². The number of carbonyl (C=O) groups is 4. The lowest BCUT2D eigenvalue weighted by molar-refractivity contribution is -0.303. The second kappa shape index (κ2) is 13.8. The summed E-state index contributed by atoms with van der Waals surface area (Å²) in [5.74, 6) is -3.80. The van der Waals surface area contributed by atoms with Gasteiger partial charge in [0.05, 0.1) is 24.2 Å². The largest absolute Gasteiger partial charge is 0.462 e. The van der Waals surface area contributed by atoms with Crippen molar-refractivity contribution in [3.63, 3.8) is 0 Å². The van der Waals surface area contributed by atoms with E-state index in [0.717, 1.165) is 11.1 Å². The highest BCUT2D eigenvalue weighted by Gasteiger charge is 2.76. The fourth-order valence-corrected chi connectivity index (χ4v) is 10.6. The Kier molecular flexibility index (Phi) is 10.3. The van der Waals surface area contributed by atoms with E-state index in [4.69, 9.17) is 23.7 Å². The monoisotopic (exact) mass is 692 g/mol. The summed E-state index contributed by atoms with van der Waals surface area (Å²) in [5.41, 5.74) is -2.10. The number of benzene rings is 1. The zero-order valence-corrected chi connectivity index (χ0v) is 30.5. The highest BCUT2D eigenvalue weighted by Crippen LogP contribution is 2.72. The smallest absolute Gasteiger partial charge is 0.303 e. The van der Waals surface area contributed by atoms with E-state index in [0.29, 0.717) is 18.4 Å². The first-order valence-electron chi connectivity index (χ1n) is 17.5. The third-order valence-corrected chi connectivity index (χ3v) is 12.4. The number of carbonyl (C=O) groups excluding carboxylic acids is 4. The highest BCUT2D eigenvalue weighted by atomic mass is 16.6. The van der Waals surface area contributed by atoms with Gasteiger partial charge in [0.1, 0.15) is 18.3 Å². The van der Waals surface area contributed by atoms with E-state index >= 15 is 0 Å². The number of hydrogen-bond donors (Lipinski definition) is 1. The average molecular weight is 693 g/mol.